The molecule has 0 bridgehead atoms. The summed E-state index contributed by atoms with van der Waals surface area (Å²) < 4.78 is 28.9. The van der Waals surface area contributed by atoms with Crippen LogP contribution in [-0.2, 0) is 6.54 Å². The summed E-state index contributed by atoms with van der Waals surface area (Å²) in [4.78, 5) is 4.06. The zero-order chi connectivity index (χ0) is 12.7. The van der Waals surface area contributed by atoms with Gasteiger partial charge in [0.15, 0.2) is 11.6 Å². The molecule has 2 rings (SSSR count). The molecule has 90 valence electrons. The molecule has 0 spiro atoms. The lowest BCUT2D eigenvalue weighted by atomic mass is 9.79. The lowest BCUT2D eigenvalue weighted by Gasteiger charge is -2.06. The Bertz CT molecular complexity index is 583. The SMILES string of the molecule is CCn1c(C)nc2cc(B(O)O)c(F)c(F)c21. The Balaban J connectivity index is 2.86. The minimum atomic E-state index is -2.05. The van der Waals surface area contributed by atoms with E-state index < -0.39 is 24.2 Å². The number of halogens is 2. The second kappa shape index (κ2) is 4.08. The maximum atomic E-state index is 13.8. The molecule has 0 fully saturated rings. The topological polar surface area (TPSA) is 58.3 Å². The molecule has 0 atom stereocenters. The summed E-state index contributed by atoms with van der Waals surface area (Å²) in [7, 11) is -2.05. The van der Waals surface area contributed by atoms with Gasteiger partial charge in [-0.3, -0.25) is 0 Å². The van der Waals surface area contributed by atoms with E-state index in [4.69, 9.17) is 10.0 Å². The smallest absolute Gasteiger partial charge is 0.423 e. The molecule has 0 radical (unpaired) electrons. The summed E-state index contributed by atoms with van der Waals surface area (Å²) in [6.07, 6.45) is 0. The van der Waals surface area contributed by atoms with Gasteiger partial charge in [0.2, 0.25) is 0 Å². The molecule has 0 aliphatic rings. The average Bonchev–Trinajstić information content (AvgIpc) is 2.59. The number of rotatable bonds is 2. The first kappa shape index (κ1) is 12.0. The third kappa shape index (κ3) is 1.71. The van der Waals surface area contributed by atoms with Crippen LogP contribution in [0.4, 0.5) is 8.78 Å². The number of hydrogen-bond donors (Lipinski definition) is 2. The van der Waals surface area contributed by atoms with Gasteiger partial charge in [0.05, 0.1) is 5.52 Å². The summed E-state index contributed by atoms with van der Waals surface area (Å²) in [6.45, 7) is 3.93. The van der Waals surface area contributed by atoms with Gasteiger partial charge in [-0.25, -0.2) is 13.8 Å². The minimum Gasteiger partial charge on any atom is -0.423 e. The summed E-state index contributed by atoms with van der Waals surface area (Å²) in [5.41, 5.74) is -0.242. The van der Waals surface area contributed by atoms with Crippen LogP contribution in [0.5, 0.6) is 0 Å². The molecule has 2 aromatic rings. The van der Waals surface area contributed by atoms with Crippen molar-refractivity contribution in [2.24, 2.45) is 0 Å². The largest absolute Gasteiger partial charge is 0.491 e. The van der Waals surface area contributed by atoms with Crippen LogP contribution < -0.4 is 5.46 Å². The average molecular weight is 240 g/mol. The van der Waals surface area contributed by atoms with E-state index in [1.807, 2.05) is 0 Å². The molecular formula is C10H11BF2N2O2. The zero-order valence-electron chi connectivity index (χ0n) is 9.41. The highest BCUT2D eigenvalue weighted by molar-refractivity contribution is 6.59. The molecule has 1 aromatic carbocycles. The van der Waals surface area contributed by atoms with Gasteiger partial charge in [-0.15, -0.1) is 0 Å². The monoisotopic (exact) mass is 240 g/mol. The molecule has 7 heteroatoms. The van der Waals surface area contributed by atoms with Crippen molar-refractivity contribution < 1.29 is 18.8 Å². The molecule has 0 saturated heterocycles. The van der Waals surface area contributed by atoms with Crippen LogP contribution in [0.1, 0.15) is 12.7 Å². The fourth-order valence-corrected chi connectivity index (χ4v) is 1.94. The summed E-state index contributed by atoms with van der Waals surface area (Å²) in [6, 6.07) is 1.15. The van der Waals surface area contributed by atoms with E-state index >= 15 is 0 Å². The van der Waals surface area contributed by atoms with Crippen molar-refractivity contribution >= 4 is 23.6 Å². The Labute approximate surface area is 96.7 Å². The van der Waals surface area contributed by atoms with E-state index in [0.29, 0.717) is 12.4 Å². The van der Waals surface area contributed by atoms with Crippen LogP contribution in [0.2, 0.25) is 0 Å². The lowest BCUT2D eigenvalue weighted by Crippen LogP contribution is -2.33. The Morgan fingerprint density at radius 2 is 2.00 bits per heavy atom. The van der Waals surface area contributed by atoms with Crippen LogP contribution in [0, 0.1) is 18.6 Å². The van der Waals surface area contributed by atoms with Gasteiger partial charge in [0.25, 0.3) is 0 Å². The summed E-state index contributed by atoms with van der Waals surface area (Å²) >= 11 is 0. The van der Waals surface area contributed by atoms with Gasteiger partial charge in [-0.2, -0.15) is 0 Å². The number of aryl methyl sites for hydroxylation is 2. The van der Waals surface area contributed by atoms with Gasteiger partial charge >= 0.3 is 7.12 Å². The van der Waals surface area contributed by atoms with Crippen LogP contribution in [0.15, 0.2) is 6.07 Å². The molecule has 1 aromatic heterocycles. The van der Waals surface area contributed by atoms with Gasteiger partial charge in [0, 0.05) is 12.0 Å². The molecule has 1 heterocycles. The molecule has 0 unspecified atom stereocenters. The Morgan fingerprint density at radius 3 is 2.53 bits per heavy atom. The second-order valence-electron chi connectivity index (χ2n) is 3.74. The molecule has 0 saturated carbocycles. The molecule has 0 aliphatic heterocycles. The number of benzene rings is 1. The van der Waals surface area contributed by atoms with Crippen LogP contribution in [0.25, 0.3) is 11.0 Å². The lowest BCUT2D eigenvalue weighted by molar-refractivity contribution is 0.420. The van der Waals surface area contributed by atoms with Crippen LogP contribution in [-0.4, -0.2) is 26.7 Å². The predicted octanol–water partition coefficient (Wildman–Crippen LogP) is 0.323. The second-order valence-corrected chi connectivity index (χ2v) is 3.74. The first-order chi connectivity index (χ1) is 7.97. The van der Waals surface area contributed by atoms with Crippen molar-refractivity contribution in [3.63, 3.8) is 0 Å². The van der Waals surface area contributed by atoms with E-state index in [1.165, 1.54) is 4.57 Å². The van der Waals surface area contributed by atoms with E-state index in [9.17, 15) is 8.78 Å². The van der Waals surface area contributed by atoms with Gasteiger partial charge in [-0.1, -0.05) is 0 Å². The van der Waals surface area contributed by atoms with Crippen LogP contribution in [0.3, 0.4) is 0 Å². The first-order valence-electron chi connectivity index (χ1n) is 5.18. The first-order valence-corrected chi connectivity index (χ1v) is 5.18. The third-order valence-electron chi connectivity index (χ3n) is 2.73. The standard InChI is InChI=1S/C10H11BF2N2O2/c1-3-15-5(2)14-7-4-6(11(16)17)8(12)9(13)10(7)15/h4,16-17H,3H2,1-2H3. The van der Waals surface area contributed by atoms with Crippen LogP contribution >= 0.6 is 0 Å². The van der Waals surface area contributed by atoms with Crippen molar-refractivity contribution in [1.82, 2.24) is 9.55 Å². The highest BCUT2D eigenvalue weighted by atomic mass is 19.2. The fraction of sp³-hybridized carbons (Fsp3) is 0.300. The maximum absolute atomic E-state index is 13.8. The maximum Gasteiger partial charge on any atom is 0.491 e. The molecule has 4 nitrogen and oxygen atoms in total. The minimum absolute atomic E-state index is 0.0481. The van der Waals surface area contributed by atoms with Gasteiger partial charge in [-0.05, 0) is 19.9 Å². The molecule has 0 aliphatic carbocycles. The number of fused-ring (bicyclic) bond motifs is 1. The van der Waals surface area contributed by atoms with Gasteiger partial charge in [0.1, 0.15) is 11.3 Å². The molecular weight excluding hydrogens is 229 g/mol. The highest BCUT2D eigenvalue weighted by Gasteiger charge is 2.24. The third-order valence-corrected chi connectivity index (χ3v) is 2.73. The van der Waals surface area contributed by atoms with E-state index in [-0.39, 0.29) is 11.0 Å². The molecule has 2 N–H and O–H groups in total. The Morgan fingerprint density at radius 1 is 1.35 bits per heavy atom. The summed E-state index contributed by atoms with van der Waals surface area (Å²) in [5.74, 6) is -1.81. The van der Waals surface area contributed by atoms with Gasteiger partial charge < -0.3 is 14.6 Å². The highest BCUT2D eigenvalue weighted by Crippen LogP contribution is 2.20. The van der Waals surface area contributed by atoms with Crippen molar-refractivity contribution in [2.45, 2.75) is 20.4 Å². The zero-order valence-corrected chi connectivity index (χ0v) is 9.41. The van der Waals surface area contributed by atoms with E-state index in [0.717, 1.165) is 6.07 Å². The van der Waals surface area contributed by atoms with E-state index in [1.54, 1.807) is 13.8 Å². The predicted molar refractivity (Wildman–Crippen MR) is 59.9 cm³/mol. The number of imidazole rings is 1. The number of aromatic nitrogens is 2. The van der Waals surface area contributed by atoms with Crippen molar-refractivity contribution in [1.29, 1.82) is 0 Å². The molecule has 0 amide bonds. The van der Waals surface area contributed by atoms with Crippen molar-refractivity contribution in [3.8, 4) is 0 Å². The fourth-order valence-electron chi connectivity index (χ4n) is 1.94. The number of hydrogen-bond acceptors (Lipinski definition) is 3. The summed E-state index contributed by atoms with van der Waals surface area (Å²) in [5, 5.41) is 17.9. The van der Waals surface area contributed by atoms with Crippen molar-refractivity contribution in [2.75, 3.05) is 0 Å². The normalized spacial score (nSPS) is 11.2. The van der Waals surface area contributed by atoms with E-state index in [2.05, 4.69) is 4.98 Å². The van der Waals surface area contributed by atoms with Crippen molar-refractivity contribution in [3.05, 3.63) is 23.5 Å². The Kier molecular flexibility index (Phi) is 2.88. The number of nitrogens with zero attached hydrogens (tertiary/aromatic N) is 2. The quantitative estimate of drug-likeness (QED) is 0.743. The molecule has 17 heavy (non-hydrogen) atoms. The Hall–Kier alpha value is -1.47.